The quantitative estimate of drug-likeness (QED) is 0.791. The zero-order valence-corrected chi connectivity index (χ0v) is 16.7. The third kappa shape index (κ3) is 5.16. The first-order valence-electron chi connectivity index (χ1n) is 8.85. The Morgan fingerprint density at radius 3 is 2.00 bits per heavy atom. The van der Waals surface area contributed by atoms with Gasteiger partial charge < -0.3 is 0 Å². The van der Waals surface area contributed by atoms with Gasteiger partial charge in [0.1, 0.15) is 0 Å². The summed E-state index contributed by atoms with van der Waals surface area (Å²) in [6.07, 6.45) is 2.01. The number of aryl methyl sites for hydroxylation is 1. The van der Waals surface area contributed by atoms with Crippen LogP contribution in [0.1, 0.15) is 63.8 Å². The average molecular weight is 360 g/mol. The molecule has 0 spiro atoms. The van der Waals surface area contributed by atoms with Crippen LogP contribution in [-0.4, -0.2) is 8.42 Å². The van der Waals surface area contributed by atoms with Gasteiger partial charge in [0.2, 0.25) is 10.0 Å². The van der Waals surface area contributed by atoms with Crippen LogP contribution in [0.25, 0.3) is 0 Å². The first-order valence-corrected chi connectivity index (χ1v) is 10.3. The highest BCUT2D eigenvalue weighted by molar-refractivity contribution is 7.89. The van der Waals surface area contributed by atoms with E-state index < -0.39 is 10.0 Å². The molecule has 25 heavy (non-hydrogen) atoms. The van der Waals surface area contributed by atoms with Gasteiger partial charge in [-0.2, -0.15) is 0 Å². The molecule has 3 nitrogen and oxygen atoms in total. The number of hydrogen-bond donors (Lipinski definition) is 1. The molecular weight excluding hydrogens is 330 g/mol. The normalized spacial score (nSPS) is 13.6. The van der Waals surface area contributed by atoms with Gasteiger partial charge in [-0.05, 0) is 47.6 Å². The molecule has 0 amide bonds. The molecule has 0 aliphatic rings. The van der Waals surface area contributed by atoms with Crippen molar-refractivity contribution in [1.29, 1.82) is 0 Å². The fraction of sp³-hybridized carbons (Fsp3) is 0.429. The third-order valence-corrected chi connectivity index (χ3v) is 5.94. The monoisotopic (exact) mass is 359 g/mol. The highest BCUT2D eigenvalue weighted by Gasteiger charge is 2.19. The molecule has 0 bridgehead atoms. The largest absolute Gasteiger partial charge is 0.241 e. The molecule has 136 valence electrons. The van der Waals surface area contributed by atoms with E-state index in [1.807, 2.05) is 31.2 Å². The second-order valence-corrected chi connectivity index (χ2v) is 9.32. The summed E-state index contributed by atoms with van der Waals surface area (Å²) in [6.45, 7) is 10.5. The van der Waals surface area contributed by atoms with Gasteiger partial charge in [0.15, 0.2) is 0 Å². The Morgan fingerprint density at radius 2 is 1.52 bits per heavy atom. The molecule has 2 rings (SSSR count). The van der Waals surface area contributed by atoms with E-state index >= 15 is 0 Å². The van der Waals surface area contributed by atoms with Crippen LogP contribution in [-0.2, 0) is 21.9 Å². The molecule has 0 aliphatic heterocycles. The third-order valence-electron chi connectivity index (χ3n) is 4.38. The molecule has 0 radical (unpaired) electrons. The standard InChI is InChI=1S/C21H29NO2S/c1-6-7-17-8-14-20(15-9-17)25(23,24)22-16(2)18-10-12-19(13-11-18)21(3,4)5/h8-16,22H,6-7H2,1-5H3. The lowest BCUT2D eigenvalue weighted by atomic mass is 9.86. The van der Waals surface area contributed by atoms with Crippen molar-refractivity contribution in [3.05, 3.63) is 65.2 Å². The number of benzene rings is 2. The topological polar surface area (TPSA) is 46.2 Å². The van der Waals surface area contributed by atoms with Crippen molar-refractivity contribution in [3.63, 3.8) is 0 Å². The predicted octanol–water partition coefficient (Wildman–Crippen LogP) is 4.98. The Morgan fingerprint density at radius 1 is 0.960 bits per heavy atom. The summed E-state index contributed by atoms with van der Waals surface area (Å²) in [6, 6.07) is 15.0. The molecule has 0 saturated carbocycles. The van der Waals surface area contributed by atoms with E-state index in [1.54, 1.807) is 12.1 Å². The van der Waals surface area contributed by atoms with Gasteiger partial charge in [-0.1, -0.05) is 70.5 Å². The van der Waals surface area contributed by atoms with Crippen LogP contribution in [0.3, 0.4) is 0 Å². The highest BCUT2D eigenvalue weighted by Crippen LogP contribution is 2.24. The second-order valence-electron chi connectivity index (χ2n) is 7.61. The minimum Gasteiger partial charge on any atom is -0.207 e. The summed E-state index contributed by atoms with van der Waals surface area (Å²) in [5.74, 6) is 0. The summed E-state index contributed by atoms with van der Waals surface area (Å²) in [5.41, 5.74) is 3.44. The molecule has 4 heteroatoms. The highest BCUT2D eigenvalue weighted by atomic mass is 32.2. The maximum Gasteiger partial charge on any atom is 0.241 e. The fourth-order valence-electron chi connectivity index (χ4n) is 2.76. The van der Waals surface area contributed by atoms with Crippen LogP contribution in [0.15, 0.2) is 53.4 Å². The molecule has 2 aromatic rings. The number of sulfonamides is 1. The van der Waals surface area contributed by atoms with Crippen molar-refractivity contribution in [3.8, 4) is 0 Å². The van der Waals surface area contributed by atoms with Gasteiger partial charge in [0.05, 0.1) is 4.90 Å². The van der Waals surface area contributed by atoms with E-state index in [0.717, 1.165) is 24.0 Å². The van der Waals surface area contributed by atoms with Crippen molar-refractivity contribution in [2.75, 3.05) is 0 Å². The Hall–Kier alpha value is -1.65. The van der Waals surface area contributed by atoms with Crippen molar-refractivity contribution in [2.45, 2.75) is 63.8 Å². The number of hydrogen-bond acceptors (Lipinski definition) is 2. The van der Waals surface area contributed by atoms with Crippen LogP contribution < -0.4 is 4.72 Å². The Bertz CT molecular complexity index is 785. The van der Waals surface area contributed by atoms with E-state index in [0.29, 0.717) is 4.90 Å². The van der Waals surface area contributed by atoms with E-state index in [9.17, 15) is 8.42 Å². The Labute approximate surface area is 152 Å². The summed E-state index contributed by atoms with van der Waals surface area (Å²) < 4.78 is 28.0. The van der Waals surface area contributed by atoms with Crippen molar-refractivity contribution < 1.29 is 8.42 Å². The smallest absolute Gasteiger partial charge is 0.207 e. The number of rotatable bonds is 6. The van der Waals surface area contributed by atoms with E-state index in [2.05, 4.69) is 44.5 Å². The van der Waals surface area contributed by atoms with Crippen LogP contribution in [0.4, 0.5) is 0 Å². The molecule has 0 aliphatic carbocycles. The van der Waals surface area contributed by atoms with Crippen molar-refractivity contribution >= 4 is 10.0 Å². The molecular formula is C21H29NO2S. The van der Waals surface area contributed by atoms with E-state index in [1.165, 1.54) is 5.56 Å². The average Bonchev–Trinajstić information content (AvgIpc) is 2.54. The second kappa shape index (κ2) is 7.71. The minimum absolute atomic E-state index is 0.0848. The SMILES string of the molecule is CCCc1ccc(S(=O)(=O)NC(C)c2ccc(C(C)(C)C)cc2)cc1. The molecule has 0 saturated heterocycles. The van der Waals surface area contributed by atoms with Crippen LogP contribution in [0.5, 0.6) is 0 Å². The lowest BCUT2D eigenvalue weighted by Gasteiger charge is -2.20. The molecule has 2 aromatic carbocycles. The number of nitrogens with one attached hydrogen (secondary N) is 1. The van der Waals surface area contributed by atoms with Gasteiger partial charge in [0, 0.05) is 6.04 Å². The summed E-state index contributed by atoms with van der Waals surface area (Å²) in [5, 5.41) is 0. The molecule has 1 unspecified atom stereocenters. The van der Waals surface area contributed by atoms with Crippen molar-refractivity contribution in [2.24, 2.45) is 0 Å². The predicted molar refractivity (Wildman–Crippen MR) is 104 cm³/mol. The maximum absolute atomic E-state index is 12.6. The van der Waals surface area contributed by atoms with Crippen LogP contribution in [0.2, 0.25) is 0 Å². The van der Waals surface area contributed by atoms with Gasteiger partial charge >= 0.3 is 0 Å². The first kappa shape index (κ1) is 19.7. The van der Waals surface area contributed by atoms with Crippen LogP contribution >= 0.6 is 0 Å². The molecule has 1 N–H and O–H groups in total. The fourth-order valence-corrected chi connectivity index (χ4v) is 4.00. The summed E-state index contributed by atoms with van der Waals surface area (Å²) in [7, 11) is -3.53. The molecule has 0 heterocycles. The minimum atomic E-state index is -3.53. The zero-order valence-electron chi connectivity index (χ0n) is 15.8. The molecule has 1 atom stereocenters. The first-order chi connectivity index (χ1) is 11.6. The van der Waals surface area contributed by atoms with Gasteiger partial charge in [-0.25, -0.2) is 13.1 Å². The molecule has 0 fully saturated rings. The van der Waals surface area contributed by atoms with E-state index in [-0.39, 0.29) is 11.5 Å². The van der Waals surface area contributed by atoms with Crippen molar-refractivity contribution in [1.82, 2.24) is 4.72 Å². The Kier molecular flexibility index (Phi) is 6.07. The van der Waals surface area contributed by atoms with Gasteiger partial charge in [-0.15, -0.1) is 0 Å². The maximum atomic E-state index is 12.6. The lowest BCUT2D eigenvalue weighted by molar-refractivity contribution is 0.565. The lowest BCUT2D eigenvalue weighted by Crippen LogP contribution is -2.27. The van der Waals surface area contributed by atoms with Gasteiger partial charge in [0.25, 0.3) is 0 Å². The van der Waals surface area contributed by atoms with Gasteiger partial charge in [-0.3, -0.25) is 0 Å². The summed E-state index contributed by atoms with van der Waals surface area (Å²) >= 11 is 0. The molecule has 0 aromatic heterocycles. The Balaban J connectivity index is 2.14. The van der Waals surface area contributed by atoms with Crippen LogP contribution in [0, 0.1) is 0 Å². The summed E-state index contributed by atoms with van der Waals surface area (Å²) in [4.78, 5) is 0.311. The zero-order chi connectivity index (χ0) is 18.7. The van der Waals surface area contributed by atoms with E-state index in [4.69, 9.17) is 0 Å².